The third-order valence-corrected chi connectivity index (χ3v) is 5.62. The summed E-state index contributed by atoms with van der Waals surface area (Å²) in [6.45, 7) is 7.17. The van der Waals surface area contributed by atoms with Crippen LogP contribution in [0.4, 0.5) is 0 Å². The number of fused-ring (bicyclic) bond motifs is 1. The van der Waals surface area contributed by atoms with Gasteiger partial charge in [-0.05, 0) is 56.3 Å². The molecule has 0 radical (unpaired) electrons. The Balaban J connectivity index is 1.82. The number of aromatic amines is 1. The number of amides is 1. The van der Waals surface area contributed by atoms with Crippen LogP contribution in [0.2, 0.25) is 0 Å². The minimum absolute atomic E-state index is 0.0393. The van der Waals surface area contributed by atoms with Gasteiger partial charge in [0.25, 0.3) is 5.56 Å². The third kappa shape index (κ3) is 5.21. The van der Waals surface area contributed by atoms with Crippen LogP contribution in [0.15, 0.2) is 35.1 Å². The zero-order valence-electron chi connectivity index (χ0n) is 17.1. The number of H-pyrrole nitrogens is 1. The molecule has 0 saturated heterocycles. The van der Waals surface area contributed by atoms with Crippen LogP contribution in [-0.4, -0.2) is 47.0 Å². The molecular formula is C21H26N4O3S. The Morgan fingerprint density at radius 3 is 2.66 bits per heavy atom. The Morgan fingerprint density at radius 2 is 2.03 bits per heavy atom. The van der Waals surface area contributed by atoms with Crippen molar-refractivity contribution in [1.82, 2.24) is 20.2 Å². The van der Waals surface area contributed by atoms with Crippen LogP contribution < -0.4 is 15.6 Å². The molecule has 154 valence electrons. The van der Waals surface area contributed by atoms with Crippen molar-refractivity contribution in [2.24, 2.45) is 0 Å². The summed E-state index contributed by atoms with van der Waals surface area (Å²) in [5, 5.41) is 2.88. The number of benzene rings is 1. The lowest BCUT2D eigenvalue weighted by molar-refractivity contribution is -0.122. The van der Waals surface area contributed by atoms with E-state index in [4.69, 9.17) is 4.74 Å². The lowest BCUT2D eigenvalue weighted by Gasteiger charge is -2.20. The van der Waals surface area contributed by atoms with E-state index in [0.717, 1.165) is 16.2 Å². The second-order valence-electron chi connectivity index (χ2n) is 7.09. The summed E-state index contributed by atoms with van der Waals surface area (Å²) in [7, 11) is 1.63. The maximum Gasteiger partial charge on any atom is 0.268 e. The first-order valence-electron chi connectivity index (χ1n) is 9.58. The van der Waals surface area contributed by atoms with Crippen LogP contribution in [0.5, 0.6) is 5.75 Å². The van der Waals surface area contributed by atoms with E-state index in [9.17, 15) is 9.59 Å². The number of ether oxygens (including phenoxy) is 1. The molecule has 3 rings (SSSR count). The SMILES string of the molecule is CCN(CC(=O)NC(C)C)Cc1nc2cc(-c3ccc(OC)cc3)sc2c(=O)[nH]1. The molecule has 2 aromatic heterocycles. The molecule has 0 saturated carbocycles. The van der Waals surface area contributed by atoms with Crippen LogP contribution in [-0.2, 0) is 11.3 Å². The number of aromatic nitrogens is 2. The van der Waals surface area contributed by atoms with Crippen molar-refractivity contribution in [3.05, 3.63) is 46.5 Å². The van der Waals surface area contributed by atoms with Gasteiger partial charge < -0.3 is 15.0 Å². The monoisotopic (exact) mass is 414 g/mol. The van der Waals surface area contributed by atoms with Crippen molar-refractivity contribution in [3.8, 4) is 16.2 Å². The second-order valence-corrected chi connectivity index (χ2v) is 8.14. The highest BCUT2D eigenvalue weighted by Gasteiger charge is 2.14. The number of nitrogens with one attached hydrogen (secondary N) is 2. The maximum atomic E-state index is 12.6. The van der Waals surface area contributed by atoms with Gasteiger partial charge in [-0.25, -0.2) is 4.98 Å². The van der Waals surface area contributed by atoms with Gasteiger partial charge in [0.15, 0.2) is 0 Å². The quantitative estimate of drug-likeness (QED) is 0.592. The summed E-state index contributed by atoms with van der Waals surface area (Å²) < 4.78 is 5.80. The molecule has 0 aliphatic heterocycles. The zero-order valence-corrected chi connectivity index (χ0v) is 17.9. The normalized spacial score (nSPS) is 11.4. The number of carbonyl (C=O) groups is 1. The van der Waals surface area contributed by atoms with E-state index in [1.807, 2.05) is 56.0 Å². The van der Waals surface area contributed by atoms with Crippen molar-refractivity contribution in [2.75, 3.05) is 20.2 Å². The minimum atomic E-state index is -0.155. The molecule has 0 spiro atoms. The Bertz CT molecular complexity index is 1040. The molecule has 2 N–H and O–H groups in total. The van der Waals surface area contributed by atoms with Crippen molar-refractivity contribution < 1.29 is 9.53 Å². The highest BCUT2D eigenvalue weighted by molar-refractivity contribution is 7.22. The molecule has 8 heteroatoms. The molecule has 0 bridgehead atoms. The van der Waals surface area contributed by atoms with Gasteiger partial charge in [0, 0.05) is 10.9 Å². The molecule has 1 aromatic carbocycles. The van der Waals surface area contributed by atoms with Crippen molar-refractivity contribution in [3.63, 3.8) is 0 Å². The summed E-state index contributed by atoms with van der Waals surface area (Å²) >= 11 is 1.42. The Kier molecular flexibility index (Phi) is 6.66. The van der Waals surface area contributed by atoms with Gasteiger partial charge in [0.2, 0.25) is 5.91 Å². The van der Waals surface area contributed by atoms with Crippen LogP contribution in [0, 0.1) is 0 Å². The first kappa shape index (κ1) is 21.0. The van der Waals surface area contributed by atoms with E-state index in [0.29, 0.717) is 29.1 Å². The topological polar surface area (TPSA) is 87.3 Å². The zero-order chi connectivity index (χ0) is 21.0. The van der Waals surface area contributed by atoms with E-state index < -0.39 is 0 Å². The van der Waals surface area contributed by atoms with Gasteiger partial charge in [0.05, 0.1) is 25.7 Å². The molecule has 0 atom stereocenters. The maximum absolute atomic E-state index is 12.6. The van der Waals surface area contributed by atoms with Gasteiger partial charge in [-0.1, -0.05) is 6.92 Å². The van der Waals surface area contributed by atoms with Crippen LogP contribution >= 0.6 is 11.3 Å². The highest BCUT2D eigenvalue weighted by Crippen LogP contribution is 2.31. The Hall–Kier alpha value is -2.71. The number of methoxy groups -OCH3 is 1. The van der Waals surface area contributed by atoms with E-state index in [-0.39, 0.29) is 24.1 Å². The van der Waals surface area contributed by atoms with Gasteiger partial charge in [-0.15, -0.1) is 11.3 Å². The molecular weight excluding hydrogens is 388 g/mol. The van der Waals surface area contributed by atoms with Crippen molar-refractivity contribution >= 4 is 27.5 Å². The number of rotatable bonds is 8. The van der Waals surface area contributed by atoms with E-state index in [1.54, 1.807) is 7.11 Å². The van der Waals surface area contributed by atoms with Crippen molar-refractivity contribution in [2.45, 2.75) is 33.4 Å². The second kappa shape index (κ2) is 9.19. The summed E-state index contributed by atoms with van der Waals surface area (Å²) in [4.78, 5) is 35.0. The molecule has 0 unspecified atom stereocenters. The first-order valence-corrected chi connectivity index (χ1v) is 10.4. The smallest absolute Gasteiger partial charge is 0.268 e. The fraction of sp³-hybridized carbons (Fsp3) is 0.381. The molecule has 1 amide bonds. The van der Waals surface area contributed by atoms with Gasteiger partial charge >= 0.3 is 0 Å². The Labute approximate surface area is 173 Å². The lowest BCUT2D eigenvalue weighted by Crippen LogP contribution is -2.40. The third-order valence-electron chi connectivity index (χ3n) is 4.44. The van der Waals surface area contributed by atoms with Crippen LogP contribution in [0.1, 0.15) is 26.6 Å². The predicted octanol–water partition coefficient (Wildman–Crippen LogP) is 3.01. The van der Waals surface area contributed by atoms with E-state index >= 15 is 0 Å². The number of hydrogen-bond donors (Lipinski definition) is 2. The molecule has 2 heterocycles. The van der Waals surface area contributed by atoms with Crippen LogP contribution in [0.3, 0.4) is 0 Å². The van der Waals surface area contributed by atoms with E-state index in [1.165, 1.54) is 11.3 Å². The van der Waals surface area contributed by atoms with Gasteiger partial charge in [-0.2, -0.15) is 0 Å². The molecule has 0 fully saturated rings. The number of thiophene rings is 1. The number of hydrogen-bond acceptors (Lipinski definition) is 6. The number of likely N-dealkylation sites (N-methyl/N-ethyl adjacent to an activating group) is 1. The average Bonchev–Trinajstić information content (AvgIpc) is 3.11. The molecule has 29 heavy (non-hydrogen) atoms. The minimum Gasteiger partial charge on any atom is -0.497 e. The van der Waals surface area contributed by atoms with Gasteiger partial charge in [0.1, 0.15) is 16.3 Å². The predicted molar refractivity (Wildman–Crippen MR) is 116 cm³/mol. The fourth-order valence-corrected chi connectivity index (χ4v) is 4.02. The van der Waals surface area contributed by atoms with Crippen LogP contribution in [0.25, 0.3) is 20.7 Å². The lowest BCUT2D eigenvalue weighted by atomic mass is 10.2. The molecule has 0 aliphatic carbocycles. The first-order chi connectivity index (χ1) is 13.9. The summed E-state index contributed by atoms with van der Waals surface area (Å²) in [5.74, 6) is 1.30. The van der Waals surface area contributed by atoms with Crippen molar-refractivity contribution in [1.29, 1.82) is 0 Å². The number of carbonyl (C=O) groups excluding carboxylic acids is 1. The average molecular weight is 415 g/mol. The summed E-state index contributed by atoms with van der Waals surface area (Å²) in [5.41, 5.74) is 1.52. The number of nitrogens with zero attached hydrogens (tertiary/aromatic N) is 2. The molecule has 0 aliphatic rings. The summed E-state index contributed by atoms with van der Waals surface area (Å²) in [6, 6.07) is 9.74. The van der Waals surface area contributed by atoms with Gasteiger partial charge in [-0.3, -0.25) is 14.5 Å². The largest absolute Gasteiger partial charge is 0.497 e. The standard InChI is InChI=1S/C21H26N4O3S/c1-5-25(12-19(26)22-13(2)3)11-18-23-16-10-17(29-20(16)21(27)24-18)14-6-8-15(28-4)9-7-14/h6-10,13H,5,11-12H2,1-4H3,(H,22,26)(H,23,24,27). The molecule has 7 nitrogen and oxygen atoms in total. The fourth-order valence-electron chi connectivity index (χ4n) is 3.02. The molecule has 3 aromatic rings. The Morgan fingerprint density at radius 1 is 1.31 bits per heavy atom. The summed E-state index contributed by atoms with van der Waals surface area (Å²) in [6.07, 6.45) is 0. The highest BCUT2D eigenvalue weighted by atomic mass is 32.1. The van der Waals surface area contributed by atoms with E-state index in [2.05, 4.69) is 15.3 Å².